The molecule has 5 nitrogen and oxygen atoms in total. The maximum atomic E-state index is 12.8. The van der Waals surface area contributed by atoms with Crippen LogP contribution in [0.2, 0.25) is 0 Å². The van der Waals surface area contributed by atoms with E-state index in [0.29, 0.717) is 28.6 Å². The molecule has 0 saturated heterocycles. The average Bonchev–Trinajstić information content (AvgIpc) is 2.80. The van der Waals surface area contributed by atoms with Crippen molar-refractivity contribution in [3.8, 4) is 5.75 Å². The second-order valence-corrected chi connectivity index (χ2v) is 8.99. The van der Waals surface area contributed by atoms with E-state index in [1.807, 2.05) is 50.2 Å². The minimum absolute atomic E-state index is 0.172. The van der Waals surface area contributed by atoms with Crippen LogP contribution in [-0.4, -0.2) is 18.4 Å². The highest BCUT2D eigenvalue weighted by atomic mass is 79.9. The smallest absolute Gasteiger partial charge is 0.262 e. The van der Waals surface area contributed by atoms with E-state index < -0.39 is 0 Å². The van der Waals surface area contributed by atoms with E-state index >= 15 is 0 Å². The zero-order valence-corrected chi connectivity index (χ0v) is 21.0. The molecular weight excluding hydrogens is 480 g/mol. The minimum atomic E-state index is -0.348. The summed E-state index contributed by atoms with van der Waals surface area (Å²) >= 11 is 3.52. The normalized spacial score (nSPS) is 11.5. The number of hydrogen-bond donors (Lipinski definition) is 2. The number of anilines is 2. The predicted molar refractivity (Wildman–Crippen MR) is 137 cm³/mol. The van der Waals surface area contributed by atoms with Gasteiger partial charge >= 0.3 is 0 Å². The van der Waals surface area contributed by atoms with Gasteiger partial charge in [0.25, 0.3) is 11.8 Å². The lowest BCUT2D eigenvalue weighted by atomic mass is 9.99. The maximum Gasteiger partial charge on any atom is 0.262 e. The van der Waals surface area contributed by atoms with E-state index in [-0.39, 0.29) is 18.4 Å². The van der Waals surface area contributed by atoms with Gasteiger partial charge in [-0.05, 0) is 95.2 Å². The Morgan fingerprint density at radius 3 is 2.42 bits per heavy atom. The topological polar surface area (TPSA) is 67.4 Å². The van der Waals surface area contributed by atoms with E-state index in [9.17, 15) is 9.59 Å². The molecule has 0 aliphatic carbocycles. The number of ether oxygens (including phenoxy) is 1. The van der Waals surface area contributed by atoms with Crippen LogP contribution in [0.5, 0.6) is 5.75 Å². The van der Waals surface area contributed by atoms with Gasteiger partial charge in [0.05, 0.1) is 15.7 Å². The first-order valence-corrected chi connectivity index (χ1v) is 11.8. The van der Waals surface area contributed by atoms with Crippen LogP contribution in [0.3, 0.4) is 0 Å². The molecule has 3 rings (SSSR count). The maximum absolute atomic E-state index is 12.8. The Morgan fingerprint density at radius 1 is 0.970 bits per heavy atom. The number of nitrogens with one attached hydrogen (secondary N) is 2. The van der Waals surface area contributed by atoms with Crippen molar-refractivity contribution in [1.29, 1.82) is 0 Å². The van der Waals surface area contributed by atoms with Crippen molar-refractivity contribution in [2.45, 2.75) is 40.0 Å². The monoisotopic (exact) mass is 508 g/mol. The van der Waals surface area contributed by atoms with Gasteiger partial charge in [-0.1, -0.05) is 38.1 Å². The number of rotatable bonds is 8. The molecule has 2 N–H and O–H groups in total. The highest BCUT2D eigenvalue weighted by molar-refractivity contribution is 9.10. The van der Waals surface area contributed by atoms with Gasteiger partial charge in [0.15, 0.2) is 6.61 Å². The van der Waals surface area contributed by atoms with E-state index in [1.165, 1.54) is 5.56 Å². The van der Waals surface area contributed by atoms with E-state index in [4.69, 9.17) is 4.74 Å². The van der Waals surface area contributed by atoms with Gasteiger partial charge in [0.1, 0.15) is 5.75 Å². The largest absolute Gasteiger partial charge is 0.483 e. The molecule has 172 valence electrons. The highest BCUT2D eigenvalue weighted by Gasteiger charge is 2.15. The molecule has 1 atom stereocenters. The Balaban J connectivity index is 1.65. The molecule has 3 aromatic rings. The van der Waals surface area contributed by atoms with Gasteiger partial charge in [-0.3, -0.25) is 9.59 Å². The molecule has 0 heterocycles. The molecule has 1 unspecified atom stereocenters. The summed E-state index contributed by atoms with van der Waals surface area (Å²) in [5.41, 5.74) is 4.97. The average molecular weight is 509 g/mol. The molecule has 0 spiro atoms. The first-order valence-electron chi connectivity index (χ1n) is 11.0. The Hall–Kier alpha value is -3.12. The molecule has 6 heteroatoms. The van der Waals surface area contributed by atoms with Crippen molar-refractivity contribution in [2.75, 3.05) is 17.2 Å². The van der Waals surface area contributed by atoms with Crippen molar-refractivity contribution < 1.29 is 14.3 Å². The number of carbonyl (C=O) groups is 2. The van der Waals surface area contributed by atoms with Gasteiger partial charge in [-0.15, -0.1) is 0 Å². The molecule has 0 aliphatic rings. The molecule has 33 heavy (non-hydrogen) atoms. The number of halogens is 1. The molecule has 3 aromatic carbocycles. The second-order valence-electron chi connectivity index (χ2n) is 8.13. The quantitative estimate of drug-likeness (QED) is 0.349. The summed E-state index contributed by atoms with van der Waals surface area (Å²) in [6.07, 6.45) is 1.05. The number of para-hydroxylation sites is 1. The number of benzene rings is 3. The van der Waals surface area contributed by atoms with E-state index in [2.05, 4.69) is 40.4 Å². The van der Waals surface area contributed by atoms with Gasteiger partial charge in [0, 0.05) is 5.69 Å². The Kier molecular flexibility index (Phi) is 8.28. The standard InChI is InChI=1S/C27H29BrN2O3/c1-5-17(2)20-11-13-25(23(28)15-20)33-16-26(31)30-24-9-7-6-8-22(24)27(32)29-21-12-10-18(3)19(4)14-21/h6-15,17H,5,16H2,1-4H3,(H,29,32)(H,30,31). The summed E-state index contributed by atoms with van der Waals surface area (Å²) in [6, 6.07) is 18.6. The summed E-state index contributed by atoms with van der Waals surface area (Å²) in [7, 11) is 0. The minimum Gasteiger partial charge on any atom is -0.483 e. The fraction of sp³-hybridized carbons (Fsp3) is 0.259. The first kappa shape index (κ1) is 24.5. The van der Waals surface area contributed by atoms with Crippen LogP contribution in [-0.2, 0) is 4.79 Å². The lowest BCUT2D eigenvalue weighted by Crippen LogP contribution is -2.23. The lowest BCUT2D eigenvalue weighted by Gasteiger charge is -2.14. The SMILES string of the molecule is CCC(C)c1ccc(OCC(=O)Nc2ccccc2C(=O)Nc2ccc(C)c(C)c2)c(Br)c1. The van der Waals surface area contributed by atoms with Crippen molar-refractivity contribution in [1.82, 2.24) is 0 Å². The molecule has 2 amide bonds. The fourth-order valence-corrected chi connectivity index (χ4v) is 3.82. The third kappa shape index (κ3) is 6.45. The van der Waals surface area contributed by atoms with Crippen molar-refractivity contribution in [3.05, 3.63) is 87.4 Å². The molecule has 0 radical (unpaired) electrons. The van der Waals surface area contributed by atoms with Gasteiger partial charge < -0.3 is 15.4 Å². The van der Waals surface area contributed by atoms with Crippen molar-refractivity contribution in [3.63, 3.8) is 0 Å². The molecule has 0 bridgehead atoms. The van der Waals surface area contributed by atoms with Crippen LogP contribution in [0.1, 0.15) is 53.2 Å². The predicted octanol–water partition coefficient (Wildman–Crippen LogP) is 6.85. The Labute approximate surface area is 203 Å². The third-order valence-corrected chi connectivity index (χ3v) is 6.33. The highest BCUT2D eigenvalue weighted by Crippen LogP contribution is 2.30. The fourth-order valence-electron chi connectivity index (χ4n) is 3.31. The summed E-state index contributed by atoms with van der Waals surface area (Å²) in [6.45, 7) is 8.16. The Bertz CT molecular complexity index is 1160. The van der Waals surface area contributed by atoms with Gasteiger partial charge in [-0.25, -0.2) is 0 Å². The van der Waals surface area contributed by atoms with Gasteiger partial charge in [0.2, 0.25) is 0 Å². The zero-order valence-electron chi connectivity index (χ0n) is 19.4. The summed E-state index contributed by atoms with van der Waals surface area (Å²) in [5.74, 6) is 0.404. The number of aryl methyl sites for hydroxylation is 2. The van der Waals surface area contributed by atoms with Crippen LogP contribution < -0.4 is 15.4 Å². The molecule has 0 aromatic heterocycles. The summed E-state index contributed by atoms with van der Waals surface area (Å²) in [4.78, 5) is 25.4. The van der Waals surface area contributed by atoms with Crippen molar-refractivity contribution >= 4 is 39.1 Å². The van der Waals surface area contributed by atoms with Crippen LogP contribution >= 0.6 is 15.9 Å². The number of amides is 2. The first-order chi connectivity index (χ1) is 15.8. The van der Waals surface area contributed by atoms with E-state index in [1.54, 1.807) is 24.3 Å². The summed E-state index contributed by atoms with van der Waals surface area (Å²) < 4.78 is 6.51. The number of carbonyl (C=O) groups excluding carboxylic acids is 2. The van der Waals surface area contributed by atoms with Crippen molar-refractivity contribution in [2.24, 2.45) is 0 Å². The number of hydrogen-bond acceptors (Lipinski definition) is 3. The summed E-state index contributed by atoms with van der Waals surface area (Å²) in [5, 5.41) is 5.68. The zero-order chi connectivity index (χ0) is 24.0. The van der Waals surface area contributed by atoms with Crippen LogP contribution in [0.4, 0.5) is 11.4 Å². The lowest BCUT2D eigenvalue weighted by molar-refractivity contribution is -0.118. The van der Waals surface area contributed by atoms with E-state index in [0.717, 1.165) is 22.0 Å². The molecule has 0 fully saturated rings. The van der Waals surface area contributed by atoms with Crippen LogP contribution in [0.15, 0.2) is 65.1 Å². The second kappa shape index (κ2) is 11.1. The molecular formula is C27H29BrN2O3. The third-order valence-electron chi connectivity index (χ3n) is 5.71. The Morgan fingerprint density at radius 2 is 1.73 bits per heavy atom. The van der Waals surface area contributed by atoms with Crippen LogP contribution in [0.25, 0.3) is 0 Å². The molecule has 0 saturated carbocycles. The van der Waals surface area contributed by atoms with Gasteiger partial charge in [-0.2, -0.15) is 0 Å². The molecule has 0 aliphatic heterocycles. The van der Waals surface area contributed by atoms with Crippen LogP contribution in [0, 0.1) is 13.8 Å².